The van der Waals surface area contributed by atoms with E-state index in [0.717, 1.165) is 42.8 Å². The fourth-order valence-electron chi connectivity index (χ4n) is 5.41. The second-order valence-electron chi connectivity index (χ2n) is 13.0. The molecule has 4 rings (SSSR count). The zero-order valence-electron chi connectivity index (χ0n) is 26.6. The highest BCUT2D eigenvalue weighted by atomic mass is 19.1. The molecule has 1 N–H and O–H groups in total. The zero-order chi connectivity index (χ0) is 31.5. The molecular weight excluding hydrogens is 549 g/mol. The SMILES string of the molecule is COc1ccc(CCOc2ncc(-c3cnc(C)c([C@H](OC(C)(C)C)C(=O)O)c3N3CCC(C)(C)CC3)cc2F)c(C)c1. The van der Waals surface area contributed by atoms with E-state index < -0.39 is 23.5 Å². The number of aromatic nitrogens is 2. The molecule has 43 heavy (non-hydrogen) atoms. The van der Waals surface area contributed by atoms with Crippen LogP contribution in [-0.2, 0) is 16.0 Å². The van der Waals surface area contributed by atoms with Gasteiger partial charge in [0.1, 0.15) is 5.75 Å². The number of halogens is 1. The number of anilines is 1. The van der Waals surface area contributed by atoms with Crippen LogP contribution in [0.1, 0.15) is 75.9 Å². The minimum absolute atomic E-state index is 0.0871. The van der Waals surface area contributed by atoms with Gasteiger partial charge in [0.25, 0.3) is 0 Å². The average molecular weight is 594 g/mol. The van der Waals surface area contributed by atoms with Gasteiger partial charge in [-0.15, -0.1) is 0 Å². The number of hydrogen-bond acceptors (Lipinski definition) is 7. The minimum Gasteiger partial charge on any atom is -0.497 e. The summed E-state index contributed by atoms with van der Waals surface area (Å²) in [5, 5.41) is 10.3. The monoisotopic (exact) mass is 593 g/mol. The first-order valence-electron chi connectivity index (χ1n) is 14.8. The molecule has 0 radical (unpaired) electrons. The highest BCUT2D eigenvalue weighted by Gasteiger charge is 2.36. The lowest BCUT2D eigenvalue weighted by Crippen LogP contribution is -2.39. The lowest BCUT2D eigenvalue weighted by molar-refractivity contribution is -0.160. The molecule has 0 unspecified atom stereocenters. The number of carboxylic acid groups (broad SMARTS) is 1. The summed E-state index contributed by atoms with van der Waals surface area (Å²) in [5.74, 6) is -1.00. The van der Waals surface area contributed by atoms with Crippen LogP contribution in [-0.4, -0.2) is 53.5 Å². The second-order valence-corrected chi connectivity index (χ2v) is 13.0. The molecule has 1 fully saturated rings. The molecule has 1 aliphatic rings. The van der Waals surface area contributed by atoms with Crippen LogP contribution in [0.2, 0.25) is 0 Å². The fourth-order valence-corrected chi connectivity index (χ4v) is 5.41. The largest absolute Gasteiger partial charge is 0.497 e. The first kappa shape index (κ1) is 32.2. The molecule has 232 valence electrons. The first-order valence-corrected chi connectivity index (χ1v) is 14.8. The van der Waals surface area contributed by atoms with Crippen molar-refractivity contribution in [1.29, 1.82) is 0 Å². The van der Waals surface area contributed by atoms with E-state index in [1.165, 1.54) is 6.07 Å². The lowest BCUT2D eigenvalue weighted by Gasteiger charge is -2.40. The van der Waals surface area contributed by atoms with Crippen molar-refractivity contribution in [2.24, 2.45) is 5.41 Å². The van der Waals surface area contributed by atoms with Gasteiger partial charge in [-0.25, -0.2) is 14.2 Å². The maximum absolute atomic E-state index is 15.4. The second kappa shape index (κ2) is 12.9. The van der Waals surface area contributed by atoms with Crippen LogP contribution in [0.15, 0.2) is 36.7 Å². The van der Waals surface area contributed by atoms with Gasteiger partial charge in [0, 0.05) is 54.3 Å². The van der Waals surface area contributed by atoms with Crippen LogP contribution in [0.25, 0.3) is 11.1 Å². The average Bonchev–Trinajstić information content (AvgIpc) is 2.93. The molecule has 0 saturated carbocycles. The Morgan fingerprint density at radius 2 is 1.81 bits per heavy atom. The highest BCUT2D eigenvalue weighted by Crippen LogP contribution is 2.43. The number of piperidine rings is 1. The molecule has 0 spiro atoms. The molecule has 1 aromatic carbocycles. The number of aryl methyl sites for hydroxylation is 2. The molecule has 1 atom stereocenters. The number of aliphatic carboxylic acids is 1. The molecule has 9 heteroatoms. The third-order valence-corrected chi connectivity index (χ3v) is 7.96. The topological polar surface area (TPSA) is 94.0 Å². The van der Waals surface area contributed by atoms with Crippen LogP contribution >= 0.6 is 0 Å². The molecule has 1 aliphatic heterocycles. The third kappa shape index (κ3) is 7.82. The van der Waals surface area contributed by atoms with Gasteiger partial charge in [-0.3, -0.25) is 4.98 Å². The Balaban J connectivity index is 1.69. The molecule has 3 heterocycles. The predicted octanol–water partition coefficient (Wildman–Crippen LogP) is 7.10. The molecule has 0 aliphatic carbocycles. The predicted molar refractivity (Wildman–Crippen MR) is 166 cm³/mol. The molecule has 3 aromatic rings. The Morgan fingerprint density at radius 3 is 2.40 bits per heavy atom. The number of carboxylic acids is 1. The molecule has 0 bridgehead atoms. The summed E-state index contributed by atoms with van der Waals surface area (Å²) in [7, 11) is 1.63. The molecule has 1 saturated heterocycles. The quantitative estimate of drug-likeness (QED) is 0.266. The first-order chi connectivity index (χ1) is 20.2. The summed E-state index contributed by atoms with van der Waals surface area (Å²) in [6.07, 6.45) is 4.43. The van der Waals surface area contributed by atoms with Crippen molar-refractivity contribution in [3.63, 3.8) is 0 Å². The van der Waals surface area contributed by atoms with Gasteiger partial charge in [-0.2, -0.15) is 0 Å². The third-order valence-electron chi connectivity index (χ3n) is 7.96. The van der Waals surface area contributed by atoms with Crippen molar-refractivity contribution in [1.82, 2.24) is 9.97 Å². The van der Waals surface area contributed by atoms with E-state index in [2.05, 4.69) is 28.7 Å². The van der Waals surface area contributed by atoms with Gasteiger partial charge < -0.3 is 24.2 Å². The summed E-state index contributed by atoms with van der Waals surface area (Å²) in [4.78, 5) is 23.7. The number of hydrogen-bond donors (Lipinski definition) is 1. The van der Waals surface area contributed by atoms with Gasteiger partial charge in [-0.05, 0) is 82.2 Å². The molecule has 8 nitrogen and oxygen atoms in total. The van der Waals surface area contributed by atoms with Crippen LogP contribution in [0.5, 0.6) is 11.6 Å². The Morgan fingerprint density at radius 1 is 1.12 bits per heavy atom. The van der Waals surface area contributed by atoms with E-state index in [9.17, 15) is 9.90 Å². The van der Waals surface area contributed by atoms with E-state index in [1.807, 2.05) is 45.9 Å². The van der Waals surface area contributed by atoms with E-state index in [-0.39, 0.29) is 17.9 Å². The van der Waals surface area contributed by atoms with Crippen LogP contribution in [0.4, 0.5) is 10.1 Å². The normalized spacial score (nSPS) is 15.7. The number of rotatable bonds is 10. The van der Waals surface area contributed by atoms with Gasteiger partial charge in [0.15, 0.2) is 11.9 Å². The van der Waals surface area contributed by atoms with E-state index >= 15 is 4.39 Å². The van der Waals surface area contributed by atoms with Crippen LogP contribution in [0, 0.1) is 25.1 Å². The number of ether oxygens (including phenoxy) is 3. The Kier molecular flexibility index (Phi) is 9.64. The van der Waals surface area contributed by atoms with Crippen molar-refractivity contribution >= 4 is 11.7 Å². The van der Waals surface area contributed by atoms with E-state index in [0.29, 0.717) is 34.5 Å². The smallest absolute Gasteiger partial charge is 0.337 e. The van der Waals surface area contributed by atoms with Crippen molar-refractivity contribution in [3.8, 4) is 22.8 Å². The number of nitrogens with zero attached hydrogens (tertiary/aromatic N) is 3. The minimum atomic E-state index is -1.25. The fraction of sp³-hybridized carbons (Fsp3) is 0.500. The van der Waals surface area contributed by atoms with Gasteiger partial charge in [-0.1, -0.05) is 19.9 Å². The van der Waals surface area contributed by atoms with Crippen molar-refractivity contribution in [2.75, 3.05) is 31.7 Å². The summed E-state index contributed by atoms with van der Waals surface area (Å²) >= 11 is 0. The Hall–Kier alpha value is -3.72. The Bertz CT molecular complexity index is 1460. The molecular formula is C34H44FN3O5. The Labute approximate surface area is 254 Å². The van der Waals surface area contributed by atoms with Crippen molar-refractivity contribution < 1.29 is 28.5 Å². The van der Waals surface area contributed by atoms with Gasteiger partial charge >= 0.3 is 5.97 Å². The van der Waals surface area contributed by atoms with Crippen LogP contribution < -0.4 is 14.4 Å². The summed E-state index contributed by atoms with van der Waals surface area (Å²) in [6.45, 7) is 15.4. The summed E-state index contributed by atoms with van der Waals surface area (Å²) < 4.78 is 32.5. The lowest BCUT2D eigenvalue weighted by atomic mass is 9.82. The standard InChI is InChI=1S/C34H44FN3O5/c1-21-17-25(41-8)10-9-23(21)11-16-42-31-27(35)18-24(19-37-31)26-20-36-22(2)28(30(32(39)40)43-33(3,4)5)29(26)38-14-12-34(6,7)13-15-38/h9-10,17-20,30H,11-16H2,1-8H3,(H,39,40)/t30-/m0/s1. The molecule has 2 aromatic heterocycles. The van der Waals surface area contributed by atoms with Crippen molar-refractivity contribution in [3.05, 3.63) is 64.9 Å². The number of methoxy groups -OCH3 is 1. The highest BCUT2D eigenvalue weighted by molar-refractivity contribution is 5.86. The van der Waals surface area contributed by atoms with E-state index in [1.54, 1.807) is 26.4 Å². The van der Waals surface area contributed by atoms with Gasteiger partial charge in [0.2, 0.25) is 5.88 Å². The molecule has 0 amide bonds. The van der Waals surface area contributed by atoms with Crippen molar-refractivity contribution in [2.45, 2.75) is 79.4 Å². The number of carbonyl (C=O) groups is 1. The maximum atomic E-state index is 15.4. The summed E-state index contributed by atoms with van der Waals surface area (Å²) in [5.41, 5.74) is 4.43. The van der Waals surface area contributed by atoms with Crippen LogP contribution in [0.3, 0.4) is 0 Å². The van der Waals surface area contributed by atoms with E-state index in [4.69, 9.17) is 14.2 Å². The van der Waals surface area contributed by atoms with Gasteiger partial charge in [0.05, 0.1) is 25.0 Å². The zero-order valence-corrected chi connectivity index (χ0v) is 26.6. The summed E-state index contributed by atoms with van der Waals surface area (Å²) in [6, 6.07) is 7.20. The number of pyridine rings is 2. The maximum Gasteiger partial charge on any atom is 0.337 e. The number of benzene rings is 1.